The number of hydrogen-bond acceptors (Lipinski definition) is 4. The molecule has 1 heterocycles. The lowest BCUT2D eigenvalue weighted by atomic mass is 10.0. The van der Waals surface area contributed by atoms with Crippen molar-refractivity contribution in [1.29, 1.82) is 0 Å². The third-order valence-corrected chi connectivity index (χ3v) is 5.52. The number of halogens is 1. The zero-order valence-corrected chi connectivity index (χ0v) is 18.5. The van der Waals surface area contributed by atoms with Gasteiger partial charge in [-0.1, -0.05) is 41.9 Å². The SMILES string of the molecule is CN=C(NCCc1ccccc1OC)NCC(c1cccc(Cl)c1)N1CCOCC1. The van der Waals surface area contributed by atoms with Gasteiger partial charge in [0.05, 0.1) is 26.4 Å². The molecule has 1 aliphatic heterocycles. The number of methoxy groups -OCH3 is 1. The van der Waals surface area contributed by atoms with Gasteiger partial charge in [0.2, 0.25) is 0 Å². The van der Waals surface area contributed by atoms with Crippen LogP contribution in [0.5, 0.6) is 5.75 Å². The molecule has 2 aromatic carbocycles. The first-order valence-electron chi connectivity index (χ1n) is 10.3. The van der Waals surface area contributed by atoms with E-state index in [9.17, 15) is 0 Å². The summed E-state index contributed by atoms with van der Waals surface area (Å²) < 4.78 is 11.0. The van der Waals surface area contributed by atoms with Gasteiger partial charge in [-0.05, 0) is 35.7 Å². The summed E-state index contributed by atoms with van der Waals surface area (Å²) in [5.74, 6) is 1.70. The molecule has 30 heavy (non-hydrogen) atoms. The number of nitrogens with zero attached hydrogens (tertiary/aromatic N) is 2. The summed E-state index contributed by atoms with van der Waals surface area (Å²) in [4.78, 5) is 6.82. The molecule has 0 spiro atoms. The van der Waals surface area contributed by atoms with Crippen LogP contribution in [0, 0.1) is 0 Å². The molecule has 1 unspecified atom stereocenters. The highest BCUT2D eigenvalue weighted by Gasteiger charge is 2.23. The summed E-state index contributed by atoms with van der Waals surface area (Å²) in [6, 6.07) is 16.4. The van der Waals surface area contributed by atoms with Crippen molar-refractivity contribution in [3.05, 3.63) is 64.7 Å². The van der Waals surface area contributed by atoms with E-state index in [-0.39, 0.29) is 6.04 Å². The van der Waals surface area contributed by atoms with Crippen LogP contribution in [-0.2, 0) is 11.2 Å². The van der Waals surface area contributed by atoms with E-state index in [1.807, 2.05) is 36.4 Å². The topological polar surface area (TPSA) is 58.1 Å². The molecule has 1 atom stereocenters. The molecule has 1 aliphatic rings. The Bertz CT molecular complexity index is 824. The lowest BCUT2D eigenvalue weighted by Gasteiger charge is -2.35. The van der Waals surface area contributed by atoms with Crippen molar-refractivity contribution < 1.29 is 9.47 Å². The van der Waals surface area contributed by atoms with Crippen LogP contribution in [0.15, 0.2) is 53.5 Å². The molecule has 0 amide bonds. The van der Waals surface area contributed by atoms with Gasteiger partial charge in [-0.25, -0.2) is 0 Å². The standard InChI is InChI=1S/C23H31ClN4O2/c1-25-23(26-11-10-18-6-3-4-9-22(18)29-2)27-17-21(28-12-14-30-15-13-28)19-7-5-8-20(24)16-19/h3-9,16,21H,10-15,17H2,1-2H3,(H2,25,26,27). The molecule has 2 N–H and O–H groups in total. The molecule has 162 valence electrons. The Morgan fingerprint density at radius 2 is 1.97 bits per heavy atom. The van der Waals surface area contributed by atoms with E-state index in [4.69, 9.17) is 21.1 Å². The zero-order valence-electron chi connectivity index (χ0n) is 17.7. The second-order valence-corrected chi connectivity index (χ2v) is 7.60. The molecule has 2 aromatic rings. The van der Waals surface area contributed by atoms with Crippen molar-refractivity contribution in [2.24, 2.45) is 4.99 Å². The number of rotatable bonds is 8. The number of hydrogen-bond donors (Lipinski definition) is 2. The van der Waals surface area contributed by atoms with Crippen LogP contribution < -0.4 is 15.4 Å². The van der Waals surface area contributed by atoms with Gasteiger partial charge < -0.3 is 20.1 Å². The average Bonchev–Trinajstić information content (AvgIpc) is 2.79. The summed E-state index contributed by atoms with van der Waals surface area (Å²) in [6.45, 7) is 4.80. The van der Waals surface area contributed by atoms with Gasteiger partial charge in [-0.15, -0.1) is 0 Å². The molecule has 1 fully saturated rings. The van der Waals surface area contributed by atoms with Crippen molar-refractivity contribution in [2.75, 3.05) is 53.6 Å². The highest BCUT2D eigenvalue weighted by atomic mass is 35.5. The Balaban J connectivity index is 1.58. The lowest BCUT2D eigenvalue weighted by molar-refractivity contribution is 0.0170. The van der Waals surface area contributed by atoms with Gasteiger partial charge >= 0.3 is 0 Å². The maximum atomic E-state index is 6.26. The third kappa shape index (κ3) is 6.36. The minimum Gasteiger partial charge on any atom is -0.496 e. The van der Waals surface area contributed by atoms with Crippen molar-refractivity contribution >= 4 is 17.6 Å². The fourth-order valence-corrected chi connectivity index (χ4v) is 3.90. The van der Waals surface area contributed by atoms with Gasteiger partial charge in [0.25, 0.3) is 0 Å². The fraction of sp³-hybridized carbons (Fsp3) is 0.435. The number of para-hydroxylation sites is 1. The van der Waals surface area contributed by atoms with Crippen LogP contribution in [0.1, 0.15) is 17.2 Å². The number of aliphatic imine (C=N–C) groups is 1. The number of morpholine rings is 1. The highest BCUT2D eigenvalue weighted by Crippen LogP contribution is 2.24. The second-order valence-electron chi connectivity index (χ2n) is 7.16. The van der Waals surface area contributed by atoms with Crippen molar-refractivity contribution in [1.82, 2.24) is 15.5 Å². The number of nitrogens with one attached hydrogen (secondary N) is 2. The van der Waals surface area contributed by atoms with Crippen LogP contribution in [0.25, 0.3) is 0 Å². The molecule has 0 saturated carbocycles. The normalized spacial score (nSPS) is 16.2. The monoisotopic (exact) mass is 430 g/mol. The van der Waals surface area contributed by atoms with E-state index in [2.05, 4.69) is 32.7 Å². The van der Waals surface area contributed by atoms with Crippen LogP contribution in [0.2, 0.25) is 5.02 Å². The van der Waals surface area contributed by atoms with Gasteiger partial charge in [-0.3, -0.25) is 9.89 Å². The maximum Gasteiger partial charge on any atom is 0.191 e. The van der Waals surface area contributed by atoms with Crippen molar-refractivity contribution in [2.45, 2.75) is 12.5 Å². The number of ether oxygens (including phenoxy) is 2. The number of guanidine groups is 1. The summed E-state index contributed by atoms with van der Waals surface area (Å²) >= 11 is 6.26. The van der Waals surface area contributed by atoms with Crippen LogP contribution in [-0.4, -0.2) is 64.4 Å². The molecule has 0 bridgehead atoms. The minimum atomic E-state index is 0.195. The molecule has 6 nitrogen and oxygen atoms in total. The predicted octanol–water partition coefficient (Wildman–Crippen LogP) is 3.13. The molecule has 1 saturated heterocycles. The Hall–Kier alpha value is -2.28. The van der Waals surface area contributed by atoms with Gasteiger partial charge in [-0.2, -0.15) is 0 Å². The van der Waals surface area contributed by atoms with E-state index in [0.717, 1.165) is 62.5 Å². The largest absolute Gasteiger partial charge is 0.496 e. The minimum absolute atomic E-state index is 0.195. The fourth-order valence-electron chi connectivity index (χ4n) is 3.70. The molecule has 7 heteroatoms. The average molecular weight is 431 g/mol. The van der Waals surface area contributed by atoms with Crippen molar-refractivity contribution in [3.63, 3.8) is 0 Å². The predicted molar refractivity (Wildman–Crippen MR) is 123 cm³/mol. The first-order valence-corrected chi connectivity index (χ1v) is 10.7. The number of benzene rings is 2. The summed E-state index contributed by atoms with van der Waals surface area (Å²) in [5, 5.41) is 7.64. The summed E-state index contributed by atoms with van der Waals surface area (Å²) in [7, 11) is 3.50. The Morgan fingerprint density at radius 1 is 1.17 bits per heavy atom. The Kier molecular flexibility index (Phi) is 8.81. The summed E-state index contributed by atoms with van der Waals surface area (Å²) in [5.41, 5.74) is 2.37. The molecule has 0 aromatic heterocycles. The molecule has 0 radical (unpaired) electrons. The van der Waals surface area contributed by atoms with E-state index >= 15 is 0 Å². The Morgan fingerprint density at radius 3 is 2.70 bits per heavy atom. The molecular weight excluding hydrogens is 400 g/mol. The van der Waals surface area contributed by atoms with Gasteiger partial charge in [0.1, 0.15) is 5.75 Å². The van der Waals surface area contributed by atoms with E-state index in [0.29, 0.717) is 0 Å². The first kappa shape index (κ1) is 22.4. The van der Waals surface area contributed by atoms with Crippen LogP contribution >= 0.6 is 11.6 Å². The zero-order chi connectivity index (χ0) is 21.2. The molecule has 0 aliphatic carbocycles. The maximum absolute atomic E-state index is 6.26. The van der Waals surface area contributed by atoms with Gasteiger partial charge in [0.15, 0.2) is 5.96 Å². The molecular formula is C23H31ClN4O2. The Labute approximate surface area is 184 Å². The van der Waals surface area contributed by atoms with Crippen LogP contribution in [0.4, 0.5) is 0 Å². The first-order chi connectivity index (χ1) is 14.7. The van der Waals surface area contributed by atoms with E-state index in [1.165, 1.54) is 11.1 Å². The summed E-state index contributed by atoms with van der Waals surface area (Å²) in [6.07, 6.45) is 0.853. The second kappa shape index (κ2) is 11.8. The third-order valence-electron chi connectivity index (χ3n) is 5.29. The van der Waals surface area contributed by atoms with E-state index in [1.54, 1.807) is 14.2 Å². The quantitative estimate of drug-likeness (QED) is 0.497. The smallest absolute Gasteiger partial charge is 0.191 e. The lowest BCUT2D eigenvalue weighted by Crippen LogP contribution is -2.46. The molecule has 3 rings (SSSR count). The van der Waals surface area contributed by atoms with Crippen molar-refractivity contribution in [3.8, 4) is 5.75 Å². The van der Waals surface area contributed by atoms with E-state index < -0.39 is 0 Å². The van der Waals surface area contributed by atoms with Crippen LogP contribution in [0.3, 0.4) is 0 Å². The highest BCUT2D eigenvalue weighted by molar-refractivity contribution is 6.30. The van der Waals surface area contributed by atoms with Gasteiger partial charge in [0, 0.05) is 38.2 Å².